The summed E-state index contributed by atoms with van der Waals surface area (Å²) in [6, 6.07) is 12.6. The van der Waals surface area contributed by atoms with E-state index in [2.05, 4.69) is 16.4 Å². The lowest BCUT2D eigenvalue weighted by Gasteiger charge is -2.05. The first-order valence-corrected chi connectivity index (χ1v) is 8.69. The van der Waals surface area contributed by atoms with Crippen LogP contribution in [0.3, 0.4) is 0 Å². The predicted molar refractivity (Wildman–Crippen MR) is 103 cm³/mol. The van der Waals surface area contributed by atoms with Crippen LogP contribution in [0.25, 0.3) is 16.8 Å². The summed E-state index contributed by atoms with van der Waals surface area (Å²) in [6.07, 6.45) is 1.47. The first-order valence-electron chi connectivity index (χ1n) is 7.81. The predicted octanol–water partition coefficient (Wildman–Crippen LogP) is 5.14. The molecule has 1 N–H and O–H groups in total. The normalized spacial score (nSPS) is 11.1. The molecule has 0 bridgehead atoms. The minimum absolute atomic E-state index is 0.0265. The van der Waals surface area contributed by atoms with Crippen LogP contribution >= 0.6 is 11.3 Å². The van der Waals surface area contributed by atoms with Gasteiger partial charge in [0.25, 0.3) is 5.69 Å². The second kappa shape index (κ2) is 7.76. The summed E-state index contributed by atoms with van der Waals surface area (Å²) >= 11 is 1.25. The molecule has 3 aromatic rings. The second-order valence-electron chi connectivity index (χ2n) is 5.62. The number of aryl methyl sites for hydroxylation is 1. The summed E-state index contributed by atoms with van der Waals surface area (Å²) in [5, 5.41) is 25.5. The molecule has 134 valence electrons. The number of aromatic nitrogens is 1. The number of nitrogens with zero attached hydrogens (tertiary/aromatic N) is 3. The molecule has 0 amide bonds. The number of thiazole rings is 1. The van der Waals surface area contributed by atoms with Crippen LogP contribution < -0.4 is 5.32 Å². The van der Waals surface area contributed by atoms with Gasteiger partial charge in [-0.05, 0) is 24.6 Å². The molecule has 8 heteroatoms. The molecule has 0 radical (unpaired) electrons. The van der Waals surface area contributed by atoms with E-state index in [1.807, 2.05) is 6.92 Å². The average molecular weight is 380 g/mol. The Balaban J connectivity index is 1.87. The molecule has 1 heterocycles. The number of nitriles is 1. The Morgan fingerprint density at radius 1 is 1.37 bits per heavy atom. The third-order valence-corrected chi connectivity index (χ3v) is 4.65. The van der Waals surface area contributed by atoms with E-state index in [1.165, 1.54) is 41.8 Å². The van der Waals surface area contributed by atoms with Gasteiger partial charge >= 0.3 is 0 Å². The Morgan fingerprint density at radius 2 is 2.19 bits per heavy atom. The molecule has 0 unspecified atom stereocenters. The molecule has 0 aliphatic rings. The molecule has 0 saturated heterocycles. The van der Waals surface area contributed by atoms with Crippen molar-refractivity contribution in [1.29, 1.82) is 5.26 Å². The van der Waals surface area contributed by atoms with Crippen LogP contribution in [-0.4, -0.2) is 9.91 Å². The van der Waals surface area contributed by atoms with Gasteiger partial charge in [-0.1, -0.05) is 18.2 Å². The smallest absolute Gasteiger partial charge is 0.270 e. The van der Waals surface area contributed by atoms with Crippen molar-refractivity contribution in [3.63, 3.8) is 0 Å². The minimum atomic E-state index is -0.470. The fraction of sp³-hybridized carbons (Fsp3) is 0.0526. The van der Waals surface area contributed by atoms with E-state index >= 15 is 0 Å². The highest BCUT2D eigenvalue weighted by molar-refractivity contribution is 7.11. The van der Waals surface area contributed by atoms with Crippen molar-refractivity contribution >= 4 is 28.3 Å². The number of nitro benzene ring substituents is 1. The molecule has 27 heavy (non-hydrogen) atoms. The highest BCUT2D eigenvalue weighted by Crippen LogP contribution is 2.28. The molecule has 1 aromatic heterocycles. The maximum atomic E-state index is 13.4. The highest BCUT2D eigenvalue weighted by atomic mass is 32.1. The lowest BCUT2D eigenvalue weighted by molar-refractivity contribution is -0.384. The fourth-order valence-corrected chi connectivity index (χ4v) is 3.14. The van der Waals surface area contributed by atoms with E-state index in [1.54, 1.807) is 23.6 Å². The lowest BCUT2D eigenvalue weighted by Crippen LogP contribution is -1.94. The molecular formula is C19H13FN4O2S. The van der Waals surface area contributed by atoms with Gasteiger partial charge < -0.3 is 5.32 Å². The van der Waals surface area contributed by atoms with E-state index in [0.29, 0.717) is 22.0 Å². The van der Waals surface area contributed by atoms with Gasteiger partial charge in [-0.2, -0.15) is 5.26 Å². The fourth-order valence-electron chi connectivity index (χ4n) is 2.35. The van der Waals surface area contributed by atoms with Gasteiger partial charge in [0.2, 0.25) is 0 Å². The van der Waals surface area contributed by atoms with Crippen molar-refractivity contribution in [3.8, 4) is 17.3 Å². The van der Waals surface area contributed by atoms with Crippen LogP contribution in [0.15, 0.2) is 54.0 Å². The van der Waals surface area contributed by atoms with Gasteiger partial charge in [0.1, 0.15) is 22.5 Å². The van der Waals surface area contributed by atoms with Crippen molar-refractivity contribution in [2.75, 3.05) is 5.32 Å². The molecule has 2 aromatic carbocycles. The first kappa shape index (κ1) is 18.2. The van der Waals surface area contributed by atoms with Crippen molar-refractivity contribution in [1.82, 2.24) is 4.98 Å². The molecule has 6 nitrogen and oxygen atoms in total. The van der Waals surface area contributed by atoms with E-state index in [4.69, 9.17) is 0 Å². The van der Waals surface area contributed by atoms with Crippen molar-refractivity contribution in [2.45, 2.75) is 6.92 Å². The van der Waals surface area contributed by atoms with Gasteiger partial charge in [-0.3, -0.25) is 10.1 Å². The Morgan fingerprint density at radius 3 is 2.93 bits per heavy atom. The topological polar surface area (TPSA) is 91.8 Å². The number of benzene rings is 2. The molecule has 0 spiro atoms. The van der Waals surface area contributed by atoms with Crippen LogP contribution in [0.1, 0.15) is 10.6 Å². The van der Waals surface area contributed by atoms with E-state index in [9.17, 15) is 19.8 Å². The molecular weight excluding hydrogens is 367 g/mol. The van der Waals surface area contributed by atoms with Crippen LogP contribution in [0.5, 0.6) is 0 Å². The quantitative estimate of drug-likeness (QED) is 0.376. The Bertz CT molecular complexity index is 1090. The van der Waals surface area contributed by atoms with E-state index < -0.39 is 4.92 Å². The van der Waals surface area contributed by atoms with Crippen molar-refractivity contribution in [2.24, 2.45) is 0 Å². The van der Waals surface area contributed by atoms with E-state index in [0.717, 1.165) is 5.56 Å². The van der Waals surface area contributed by atoms with E-state index in [-0.39, 0.29) is 17.1 Å². The zero-order valence-corrected chi connectivity index (χ0v) is 15.0. The standard InChI is InChI=1S/C19H13FN4O2S/c1-12-5-6-15(20)8-17(12)22-10-14(9-21)19-23-18(11-27-19)13-3-2-4-16(7-13)24(25)26/h2-8,10-11,22H,1H3/b14-10-. The van der Waals surface area contributed by atoms with Gasteiger partial charge in [0, 0.05) is 35.0 Å². The molecule has 0 fully saturated rings. The van der Waals surface area contributed by atoms with Crippen LogP contribution in [0.2, 0.25) is 0 Å². The summed E-state index contributed by atoms with van der Waals surface area (Å²) in [4.78, 5) is 14.8. The summed E-state index contributed by atoms with van der Waals surface area (Å²) in [5.41, 5.74) is 2.78. The number of hydrogen-bond donors (Lipinski definition) is 1. The number of nitro groups is 1. The third-order valence-electron chi connectivity index (χ3n) is 3.78. The highest BCUT2D eigenvalue weighted by Gasteiger charge is 2.12. The molecule has 0 atom stereocenters. The SMILES string of the molecule is Cc1ccc(F)cc1N/C=C(/C#N)c1nc(-c2cccc([N+](=O)[O-])c2)cs1. The summed E-state index contributed by atoms with van der Waals surface area (Å²) in [6.45, 7) is 1.82. The lowest BCUT2D eigenvalue weighted by atomic mass is 10.1. The second-order valence-corrected chi connectivity index (χ2v) is 6.48. The average Bonchev–Trinajstić information content (AvgIpc) is 3.15. The molecule has 0 aliphatic carbocycles. The van der Waals surface area contributed by atoms with Crippen LogP contribution in [0, 0.1) is 34.2 Å². The number of hydrogen-bond acceptors (Lipinski definition) is 6. The van der Waals surface area contributed by atoms with Gasteiger partial charge in [0.05, 0.1) is 10.6 Å². The first-order chi connectivity index (χ1) is 13.0. The number of non-ortho nitro benzene ring substituents is 1. The van der Waals surface area contributed by atoms with Crippen molar-refractivity contribution < 1.29 is 9.31 Å². The van der Waals surface area contributed by atoms with Gasteiger partial charge in [0.15, 0.2) is 0 Å². The summed E-state index contributed by atoms with van der Waals surface area (Å²) in [5.74, 6) is -0.378. The van der Waals surface area contributed by atoms with Gasteiger partial charge in [-0.25, -0.2) is 9.37 Å². The third kappa shape index (κ3) is 4.16. The maximum absolute atomic E-state index is 13.4. The Hall–Kier alpha value is -3.57. The monoisotopic (exact) mass is 380 g/mol. The summed E-state index contributed by atoms with van der Waals surface area (Å²) in [7, 11) is 0. The number of halogens is 1. The van der Waals surface area contributed by atoms with Crippen LogP contribution in [0.4, 0.5) is 15.8 Å². The molecule has 0 aliphatic heterocycles. The number of nitrogens with one attached hydrogen (secondary N) is 1. The van der Waals surface area contributed by atoms with Crippen LogP contribution in [-0.2, 0) is 0 Å². The Kier molecular flexibility index (Phi) is 5.24. The number of rotatable bonds is 5. The largest absolute Gasteiger partial charge is 0.360 e. The zero-order chi connectivity index (χ0) is 19.4. The number of allylic oxidation sites excluding steroid dienone is 1. The minimum Gasteiger partial charge on any atom is -0.360 e. The molecule has 0 saturated carbocycles. The van der Waals surface area contributed by atoms with Crippen molar-refractivity contribution in [3.05, 3.63) is 80.5 Å². The molecule has 3 rings (SSSR count). The summed E-state index contributed by atoms with van der Waals surface area (Å²) < 4.78 is 13.4. The Labute approximate surface area is 158 Å². The zero-order valence-electron chi connectivity index (χ0n) is 14.1. The number of anilines is 1. The maximum Gasteiger partial charge on any atom is 0.270 e. The van der Waals surface area contributed by atoms with Gasteiger partial charge in [-0.15, -0.1) is 11.3 Å².